The maximum atomic E-state index is 12.4. The summed E-state index contributed by atoms with van der Waals surface area (Å²) in [4.78, 5) is 13.2. The molecule has 0 unspecified atom stereocenters. The third-order valence-corrected chi connectivity index (χ3v) is 2.34. The molecule has 0 spiro atoms. The fourth-order valence-corrected chi connectivity index (χ4v) is 1.53. The van der Waals surface area contributed by atoms with Gasteiger partial charge >= 0.3 is 12.1 Å². The first kappa shape index (κ1) is 13.8. The van der Waals surface area contributed by atoms with E-state index in [4.69, 9.17) is 5.11 Å². The molecule has 0 saturated heterocycles. The molecule has 1 aromatic rings. The molecule has 0 saturated carbocycles. The minimum atomic E-state index is -5.11. The highest BCUT2D eigenvalue weighted by Gasteiger charge is 2.39. The van der Waals surface area contributed by atoms with Crippen molar-refractivity contribution < 1.29 is 31.9 Å². The van der Waals surface area contributed by atoms with Crippen molar-refractivity contribution in [2.75, 3.05) is 0 Å². The molecule has 0 bridgehead atoms. The standard InChI is InChI=1S/C8H3BrF5NO2/c9-3-1-2(7(16)17)5(8(12,13)14)15-4(3)6(10)11/h1,6H,(H,16,17). The summed E-state index contributed by atoms with van der Waals surface area (Å²) in [6, 6.07) is 0.458. The van der Waals surface area contributed by atoms with Crippen molar-refractivity contribution in [3.8, 4) is 0 Å². The number of rotatable bonds is 2. The van der Waals surface area contributed by atoms with Crippen molar-refractivity contribution in [2.24, 2.45) is 0 Å². The van der Waals surface area contributed by atoms with Crippen LogP contribution in [0, 0.1) is 0 Å². The third kappa shape index (κ3) is 2.90. The van der Waals surface area contributed by atoms with Gasteiger partial charge in [0.05, 0.1) is 5.56 Å². The number of nitrogens with zero attached hydrogens (tertiary/aromatic N) is 1. The van der Waals surface area contributed by atoms with Gasteiger partial charge in [0.1, 0.15) is 5.69 Å². The molecule has 0 aliphatic heterocycles. The molecule has 1 rings (SSSR count). The maximum Gasteiger partial charge on any atom is 0.434 e. The Labute approximate surface area is 99.4 Å². The van der Waals surface area contributed by atoms with Crippen LogP contribution in [0.2, 0.25) is 0 Å². The molecule has 3 nitrogen and oxygen atoms in total. The lowest BCUT2D eigenvalue weighted by atomic mass is 10.1. The van der Waals surface area contributed by atoms with Gasteiger partial charge in [-0.2, -0.15) is 13.2 Å². The van der Waals surface area contributed by atoms with E-state index < -0.39 is 40.0 Å². The number of hydrogen-bond donors (Lipinski definition) is 1. The number of carbonyl (C=O) groups is 1. The largest absolute Gasteiger partial charge is 0.478 e. The number of halogens is 6. The van der Waals surface area contributed by atoms with Gasteiger partial charge < -0.3 is 5.11 Å². The van der Waals surface area contributed by atoms with E-state index >= 15 is 0 Å². The van der Waals surface area contributed by atoms with Crippen molar-refractivity contribution in [1.82, 2.24) is 4.98 Å². The Morgan fingerprint density at radius 2 is 1.94 bits per heavy atom. The molecule has 1 N–H and O–H groups in total. The van der Waals surface area contributed by atoms with Crippen molar-refractivity contribution in [3.05, 3.63) is 27.5 Å². The second kappa shape index (κ2) is 4.55. The summed E-state index contributed by atoms with van der Waals surface area (Å²) >= 11 is 2.54. The molecule has 94 valence electrons. The third-order valence-electron chi connectivity index (χ3n) is 1.71. The van der Waals surface area contributed by atoms with Crippen molar-refractivity contribution in [1.29, 1.82) is 0 Å². The summed E-state index contributed by atoms with van der Waals surface area (Å²) in [7, 11) is 0. The monoisotopic (exact) mass is 319 g/mol. The van der Waals surface area contributed by atoms with Crippen LogP contribution in [0.15, 0.2) is 10.5 Å². The number of hydrogen-bond acceptors (Lipinski definition) is 2. The van der Waals surface area contributed by atoms with Gasteiger partial charge in [0.2, 0.25) is 0 Å². The highest BCUT2D eigenvalue weighted by molar-refractivity contribution is 9.10. The number of pyridine rings is 1. The van der Waals surface area contributed by atoms with Crippen LogP contribution in [0.4, 0.5) is 22.0 Å². The van der Waals surface area contributed by atoms with Crippen LogP contribution in [0.5, 0.6) is 0 Å². The first-order chi connectivity index (χ1) is 7.64. The lowest BCUT2D eigenvalue weighted by Crippen LogP contribution is -2.17. The normalized spacial score (nSPS) is 11.9. The molecular formula is C8H3BrF5NO2. The fourth-order valence-electron chi connectivity index (χ4n) is 1.04. The topological polar surface area (TPSA) is 50.2 Å². The Morgan fingerprint density at radius 3 is 2.29 bits per heavy atom. The first-order valence-electron chi connectivity index (χ1n) is 3.93. The fraction of sp³-hybridized carbons (Fsp3) is 0.250. The Balaban J connectivity index is 3.54. The van der Waals surface area contributed by atoms with Crippen LogP contribution < -0.4 is 0 Å². The highest BCUT2D eigenvalue weighted by Crippen LogP contribution is 2.35. The van der Waals surface area contributed by atoms with Gasteiger partial charge in [-0.25, -0.2) is 18.6 Å². The van der Waals surface area contributed by atoms with Crippen molar-refractivity contribution in [3.63, 3.8) is 0 Å². The summed E-state index contributed by atoms with van der Waals surface area (Å²) in [5.74, 6) is -1.90. The minimum absolute atomic E-state index is 0.458. The number of carboxylic acids is 1. The molecule has 0 aromatic carbocycles. The quantitative estimate of drug-likeness (QED) is 0.849. The van der Waals surface area contributed by atoms with E-state index in [1.807, 2.05) is 0 Å². The van der Waals surface area contributed by atoms with E-state index in [0.29, 0.717) is 6.07 Å². The summed E-state index contributed by atoms with van der Waals surface area (Å²) < 4.78 is 61.3. The van der Waals surface area contributed by atoms with Gasteiger partial charge in [-0.3, -0.25) is 0 Å². The predicted octanol–water partition coefficient (Wildman–Crippen LogP) is 3.50. The molecule has 0 radical (unpaired) electrons. The van der Waals surface area contributed by atoms with E-state index in [1.165, 1.54) is 0 Å². The number of alkyl halides is 5. The summed E-state index contributed by atoms with van der Waals surface area (Å²) in [6.45, 7) is 0. The van der Waals surface area contributed by atoms with Gasteiger partial charge in [-0.15, -0.1) is 0 Å². The number of carboxylic acid groups (broad SMARTS) is 1. The van der Waals surface area contributed by atoms with Gasteiger partial charge in [0.15, 0.2) is 5.69 Å². The van der Waals surface area contributed by atoms with E-state index in [9.17, 15) is 26.7 Å². The second-order valence-corrected chi connectivity index (χ2v) is 3.71. The van der Waals surface area contributed by atoms with Gasteiger partial charge in [-0.05, 0) is 22.0 Å². The molecule has 9 heteroatoms. The zero-order valence-corrected chi connectivity index (χ0v) is 9.31. The van der Waals surface area contributed by atoms with Gasteiger partial charge in [0, 0.05) is 4.47 Å². The molecule has 0 atom stereocenters. The van der Waals surface area contributed by atoms with Crippen LogP contribution in [0.25, 0.3) is 0 Å². The number of aromatic nitrogens is 1. The summed E-state index contributed by atoms with van der Waals surface area (Å²) in [5, 5.41) is 8.53. The average Bonchev–Trinajstić information content (AvgIpc) is 2.14. The first-order valence-corrected chi connectivity index (χ1v) is 4.73. The Kier molecular flexibility index (Phi) is 3.70. The molecule has 0 aliphatic rings. The van der Waals surface area contributed by atoms with E-state index in [-0.39, 0.29) is 0 Å². The smallest absolute Gasteiger partial charge is 0.434 e. The molecule has 0 fully saturated rings. The van der Waals surface area contributed by atoms with Gasteiger partial charge in [0.25, 0.3) is 6.43 Å². The second-order valence-electron chi connectivity index (χ2n) is 2.86. The van der Waals surface area contributed by atoms with Gasteiger partial charge in [-0.1, -0.05) is 0 Å². The highest BCUT2D eigenvalue weighted by atomic mass is 79.9. The average molecular weight is 320 g/mol. The Hall–Kier alpha value is -1.25. The molecule has 1 heterocycles. The Morgan fingerprint density at radius 1 is 1.41 bits per heavy atom. The summed E-state index contributed by atoms with van der Waals surface area (Å²) in [6.07, 6.45) is -8.36. The van der Waals surface area contributed by atoms with Crippen LogP contribution in [0.1, 0.15) is 28.2 Å². The van der Waals surface area contributed by atoms with E-state index in [2.05, 4.69) is 20.9 Å². The van der Waals surface area contributed by atoms with Crippen molar-refractivity contribution in [2.45, 2.75) is 12.6 Å². The molecule has 0 aliphatic carbocycles. The lowest BCUT2D eigenvalue weighted by molar-refractivity contribution is -0.142. The lowest BCUT2D eigenvalue weighted by Gasteiger charge is -2.12. The molecule has 17 heavy (non-hydrogen) atoms. The molecular weight excluding hydrogens is 317 g/mol. The SMILES string of the molecule is O=C(O)c1cc(Br)c(C(F)F)nc1C(F)(F)F. The van der Waals surface area contributed by atoms with Crippen LogP contribution in [-0.2, 0) is 6.18 Å². The van der Waals surface area contributed by atoms with Crippen LogP contribution >= 0.6 is 15.9 Å². The van der Waals surface area contributed by atoms with E-state index in [1.54, 1.807) is 0 Å². The van der Waals surface area contributed by atoms with Crippen LogP contribution in [-0.4, -0.2) is 16.1 Å². The molecule has 0 amide bonds. The van der Waals surface area contributed by atoms with Crippen molar-refractivity contribution >= 4 is 21.9 Å². The maximum absolute atomic E-state index is 12.4. The van der Waals surface area contributed by atoms with Crippen LogP contribution in [0.3, 0.4) is 0 Å². The summed E-state index contributed by atoms with van der Waals surface area (Å²) in [5.41, 5.74) is -4.18. The Bertz CT molecular complexity index is 460. The zero-order valence-electron chi connectivity index (χ0n) is 7.73. The minimum Gasteiger partial charge on any atom is -0.478 e. The number of aromatic carboxylic acids is 1. The van der Waals surface area contributed by atoms with E-state index in [0.717, 1.165) is 0 Å². The zero-order chi connectivity index (χ0) is 13.4. The molecule has 1 aromatic heterocycles. The predicted molar refractivity (Wildman–Crippen MR) is 48.9 cm³/mol.